The van der Waals surface area contributed by atoms with Gasteiger partial charge in [-0.05, 0) is 29.8 Å². The number of aliphatic hydroxyl groups is 1. The number of ether oxygens (including phenoxy) is 2. The Balaban J connectivity index is 2.12. The minimum absolute atomic E-state index is 0.148. The van der Waals surface area contributed by atoms with E-state index in [1.807, 2.05) is 0 Å². The Morgan fingerprint density at radius 3 is 2.16 bits per heavy atom. The number of carbonyl (C=O) groups is 2. The van der Waals surface area contributed by atoms with E-state index in [4.69, 9.17) is 9.47 Å². The van der Waals surface area contributed by atoms with E-state index in [9.17, 15) is 27.9 Å². The Kier molecular flexibility index (Phi) is 8.41. The molecule has 2 rings (SSSR count). The monoisotopic (exact) mass is 454 g/mol. The summed E-state index contributed by atoms with van der Waals surface area (Å²) in [4.78, 5) is 23.7. The number of alkyl halides is 3. The number of rotatable bonds is 9. The number of halogens is 3. The molecule has 0 unspecified atom stereocenters. The Morgan fingerprint density at radius 1 is 0.969 bits per heavy atom. The molecule has 0 saturated carbocycles. The molecule has 0 aliphatic heterocycles. The molecule has 2 aromatic rings. The van der Waals surface area contributed by atoms with Gasteiger partial charge in [0.2, 0.25) is 0 Å². The summed E-state index contributed by atoms with van der Waals surface area (Å²) in [5.74, 6) is -2.29. The van der Waals surface area contributed by atoms with Crippen molar-refractivity contribution in [3.05, 3.63) is 48.0 Å². The molecule has 0 spiro atoms. The molecule has 12 heteroatoms. The van der Waals surface area contributed by atoms with Crippen LogP contribution in [0.5, 0.6) is 11.5 Å². The number of methoxy groups -OCH3 is 2. The number of anilines is 2. The van der Waals surface area contributed by atoms with E-state index in [1.54, 1.807) is 29.6 Å². The predicted molar refractivity (Wildman–Crippen MR) is 111 cm³/mol. The highest BCUT2D eigenvalue weighted by Gasteiger charge is 2.39. The summed E-state index contributed by atoms with van der Waals surface area (Å²) in [7, 11) is 2.82. The number of amides is 2. The van der Waals surface area contributed by atoms with Gasteiger partial charge in [-0.15, -0.1) is 0 Å². The van der Waals surface area contributed by atoms with Crippen LogP contribution in [0.25, 0.3) is 0 Å². The fourth-order valence-electron chi connectivity index (χ4n) is 2.38. The Bertz CT molecular complexity index is 978. The SMILES string of the molecule is COc1ccc(CN/N=C(\CO)C(=O)Nc2ccc(OC)cc2NC(=O)C(F)(F)F)cc1. The first-order valence-corrected chi connectivity index (χ1v) is 9.08. The number of nitrogens with zero attached hydrogens (tertiary/aromatic N) is 1. The van der Waals surface area contributed by atoms with Gasteiger partial charge in [-0.3, -0.25) is 9.59 Å². The van der Waals surface area contributed by atoms with Crippen molar-refractivity contribution in [3.63, 3.8) is 0 Å². The highest BCUT2D eigenvalue weighted by molar-refractivity contribution is 6.43. The van der Waals surface area contributed by atoms with Gasteiger partial charge in [-0.25, -0.2) is 0 Å². The first kappa shape index (κ1) is 24.5. The molecule has 0 radical (unpaired) electrons. The average Bonchev–Trinajstić information content (AvgIpc) is 2.77. The van der Waals surface area contributed by atoms with E-state index in [2.05, 4.69) is 15.8 Å². The third-order valence-corrected chi connectivity index (χ3v) is 4.05. The number of carbonyl (C=O) groups excluding carboxylic acids is 2. The summed E-state index contributed by atoms with van der Waals surface area (Å²) in [6.45, 7) is -0.516. The van der Waals surface area contributed by atoms with Gasteiger partial charge in [-0.1, -0.05) is 12.1 Å². The van der Waals surface area contributed by atoms with Crippen LogP contribution < -0.4 is 25.5 Å². The van der Waals surface area contributed by atoms with E-state index in [1.165, 1.54) is 26.4 Å². The summed E-state index contributed by atoms with van der Waals surface area (Å²) in [5, 5.41) is 17.3. The standard InChI is InChI=1S/C20H21F3N4O5/c1-31-13-5-3-12(4-6-13)10-24-27-17(11-28)18(29)25-15-8-7-14(32-2)9-16(15)26-19(30)20(21,22)23/h3-9,24,28H,10-11H2,1-2H3,(H,25,29)(H,26,30)/b27-17+. The maximum absolute atomic E-state index is 12.6. The van der Waals surface area contributed by atoms with Crippen LogP contribution in [-0.4, -0.2) is 49.6 Å². The molecule has 0 saturated heterocycles. The maximum Gasteiger partial charge on any atom is 0.471 e. The van der Waals surface area contributed by atoms with Crippen LogP contribution in [0.1, 0.15) is 5.56 Å². The van der Waals surface area contributed by atoms with Crippen LogP contribution in [0.15, 0.2) is 47.6 Å². The summed E-state index contributed by atoms with van der Waals surface area (Å²) in [6.07, 6.45) is -5.13. The van der Waals surface area contributed by atoms with Gasteiger partial charge in [0.25, 0.3) is 5.91 Å². The Labute approximate surface area is 181 Å². The highest BCUT2D eigenvalue weighted by atomic mass is 19.4. The second-order valence-corrected chi connectivity index (χ2v) is 6.22. The van der Waals surface area contributed by atoms with Crippen molar-refractivity contribution < 1.29 is 37.3 Å². The van der Waals surface area contributed by atoms with Gasteiger partial charge in [0.05, 0.1) is 38.7 Å². The lowest BCUT2D eigenvalue weighted by atomic mass is 10.2. The quantitative estimate of drug-likeness (QED) is 0.341. The number of nitrogens with one attached hydrogen (secondary N) is 3. The molecule has 9 nitrogen and oxygen atoms in total. The largest absolute Gasteiger partial charge is 0.497 e. The van der Waals surface area contributed by atoms with E-state index in [0.29, 0.717) is 5.75 Å². The molecule has 2 aromatic carbocycles. The molecule has 2 amide bonds. The average molecular weight is 454 g/mol. The highest BCUT2D eigenvalue weighted by Crippen LogP contribution is 2.29. The zero-order chi connectivity index (χ0) is 23.7. The lowest BCUT2D eigenvalue weighted by Gasteiger charge is -2.15. The van der Waals surface area contributed by atoms with Gasteiger partial charge in [0.1, 0.15) is 11.5 Å². The minimum Gasteiger partial charge on any atom is -0.497 e. The smallest absolute Gasteiger partial charge is 0.471 e. The van der Waals surface area contributed by atoms with E-state index < -0.39 is 24.6 Å². The summed E-state index contributed by atoms with van der Waals surface area (Å²) >= 11 is 0. The molecule has 0 atom stereocenters. The van der Waals surface area contributed by atoms with Crippen molar-refractivity contribution in [1.29, 1.82) is 0 Å². The van der Waals surface area contributed by atoms with Gasteiger partial charge in [-0.2, -0.15) is 18.3 Å². The Morgan fingerprint density at radius 2 is 1.59 bits per heavy atom. The molecule has 4 N–H and O–H groups in total. The molecule has 172 valence electrons. The second kappa shape index (κ2) is 11.0. The maximum atomic E-state index is 12.6. The van der Waals surface area contributed by atoms with Gasteiger partial charge >= 0.3 is 12.1 Å². The van der Waals surface area contributed by atoms with Crippen LogP contribution in [0, 0.1) is 0 Å². The predicted octanol–water partition coefficient (Wildman–Crippen LogP) is 2.28. The fourth-order valence-corrected chi connectivity index (χ4v) is 2.38. The molecule has 0 fully saturated rings. The summed E-state index contributed by atoms with van der Waals surface area (Å²) < 4.78 is 47.8. The summed E-state index contributed by atoms with van der Waals surface area (Å²) in [6, 6.07) is 10.7. The topological polar surface area (TPSA) is 121 Å². The number of benzene rings is 2. The normalized spacial score (nSPS) is 11.5. The molecule has 32 heavy (non-hydrogen) atoms. The van der Waals surface area contributed by atoms with Crippen molar-refractivity contribution in [2.75, 3.05) is 31.5 Å². The van der Waals surface area contributed by atoms with Crippen LogP contribution in [0.2, 0.25) is 0 Å². The van der Waals surface area contributed by atoms with Crippen LogP contribution in [-0.2, 0) is 16.1 Å². The van der Waals surface area contributed by atoms with E-state index in [-0.39, 0.29) is 29.4 Å². The van der Waals surface area contributed by atoms with E-state index >= 15 is 0 Å². The van der Waals surface area contributed by atoms with Crippen molar-refractivity contribution in [3.8, 4) is 11.5 Å². The number of aliphatic hydroxyl groups excluding tert-OH is 1. The van der Waals surface area contributed by atoms with Crippen LogP contribution in [0.3, 0.4) is 0 Å². The van der Waals surface area contributed by atoms with E-state index in [0.717, 1.165) is 11.6 Å². The van der Waals surface area contributed by atoms with Crippen LogP contribution in [0.4, 0.5) is 24.5 Å². The molecule has 0 bridgehead atoms. The zero-order valence-electron chi connectivity index (χ0n) is 17.1. The lowest BCUT2D eigenvalue weighted by molar-refractivity contribution is -0.167. The Hall–Kier alpha value is -3.80. The molecule has 0 heterocycles. The number of hydrazone groups is 1. The van der Waals surface area contributed by atoms with Crippen molar-refractivity contribution in [2.45, 2.75) is 12.7 Å². The zero-order valence-corrected chi connectivity index (χ0v) is 17.1. The van der Waals surface area contributed by atoms with Crippen molar-refractivity contribution in [2.24, 2.45) is 5.10 Å². The molecule has 0 aliphatic carbocycles. The van der Waals surface area contributed by atoms with Gasteiger partial charge in [0.15, 0.2) is 5.71 Å². The number of hydrogen-bond donors (Lipinski definition) is 4. The number of hydrogen-bond acceptors (Lipinski definition) is 7. The molecular weight excluding hydrogens is 433 g/mol. The molecular formula is C20H21F3N4O5. The molecule has 0 aliphatic rings. The first-order chi connectivity index (χ1) is 15.2. The minimum atomic E-state index is -5.13. The third kappa shape index (κ3) is 6.87. The van der Waals surface area contributed by atoms with Crippen molar-refractivity contribution in [1.82, 2.24) is 5.43 Å². The fraction of sp³-hybridized carbons (Fsp3) is 0.250. The second-order valence-electron chi connectivity index (χ2n) is 6.22. The van der Waals surface area contributed by atoms with Gasteiger partial charge in [0, 0.05) is 6.07 Å². The lowest BCUT2D eigenvalue weighted by Crippen LogP contribution is -2.31. The summed E-state index contributed by atoms with van der Waals surface area (Å²) in [5.41, 5.74) is 2.63. The van der Waals surface area contributed by atoms with Crippen LogP contribution >= 0.6 is 0 Å². The first-order valence-electron chi connectivity index (χ1n) is 9.08. The van der Waals surface area contributed by atoms with Gasteiger partial charge < -0.3 is 30.6 Å². The van der Waals surface area contributed by atoms with Crippen molar-refractivity contribution >= 4 is 28.9 Å². The third-order valence-electron chi connectivity index (χ3n) is 4.05. The molecule has 0 aromatic heterocycles.